The van der Waals surface area contributed by atoms with Crippen LogP contribution in [-0.2, 0) is 0 Å². The van der Waals surface area contributed by atoms with Gasteiger partial charge in [0.25, 0.3) is 0 Å². The van der Waals surface area contributed by atoms with E-state index in [0.29, 0.717) is 17.5 Å². The minimum atomic E-state index is 0.651. The van der Waals surface area contributed by atoms with Crippen LogP contribution in [0.3, 0.4) is 0 Å². The smallest absolute Gasteiger partial charge is 0.164 e. The van der Waals surface area contributed by atoms with Gasteiger partial charge < -0.3 is 4.57 Å². The lowest BCUT2D eigenvalue weighted by Crippen LogP contribution is -2.00. The maximum atomic E-state index is 4.90. The Morgan fingerprint density at radius 2 is 0.840 bits per heavy atom. The lowest BCUT2D eigenvalue weighted by Gasteiger charge is -2.11. The molecule has 4 nitrogen and oxygen atoms in total. The van der Waals surface area contributed by atoms with Gasteiger partial charge in [0.05, 0.1) is 15.7 Å². The van der Waals surface area contributed by atoms with Gasteiger partial charge in [0.15, 0.2) is 17.5 Å². The van der Waals surface area contributed by atoms with E-state index in [1.54, 1.807) is 0 Å². The van der Waals surface area contributed by atoms with Crippen molar-refractivity contribution in [2.24, 2.45) is 0 Å². The summed E-state index contributed by atoms with van der Waals surface area (Å²) in [5.74, 6) is 1.97. The van der Waals surface area contributed by atoms with Crippen LogP contribution in [0.5, 0.6) is 0 Å². The van der Waals surface area contributed by atoms with Crippen molar-refractivity contribution in [2.75, 3.05) is 0 Å². The highest BCUT2D eigenvalue weighted by molar-refractivity contribution is 7.26. The zero-order chi connectivity index (χ0) is 33.0. The third-order valence-corrected chi connectivity index (χ3v) is 10.7. The molecule has 0 atom stereocenters. The molecule has 0 spiro atoms. The Labute approximate surface area is 292 Å². The second-order valence-electron chi connectivity index (χ2n) is 12.5. The molecule has 7 aromatic carbocycles. The highest BCUT2D eigenvalue weighted by atomic mass is 32.1. The van der Waals surface area contributed by atoms with Gasteiger partial charge in [-0.3, -0.25) is 0 Å². The van der Waals surface area contributed by atoms with Gasteiger partial charge in [-0.1, -0.05) is 146 Å². The van der Waals surface area contributed by atoms with Gasteiger partial charge in [-0.05, 0) is 35.4 Å². The number of nitrogens with zero attached hydrogens (tertiary/aromatic N) is 4. The molecular formula is C45H28N4S. The summed E-state index contributed by atoms with van der Waals surface area (Å²) in [6.45, 7) is 0. The van der Waals surface area contributed by atoms with Crippen LogP contribution in [0.1, 0.15) is 0 Å². The van der Waals surface area contributed by atoms with Gasteiger partial charge in [-0.2, -0.15) is 0 Å². The molecule has 0 saturated heterocycles. The predicted octanol–water partition coefficient (Wildman–Crippen LogP) is 12.0. The van der Waals surface area contributed by atoms with Crippen molar-refractivity contribution in [2.45, 2.75) is 0 Å². The van der Waals surface area contributed by atoms with E-state index in [1.807, 2.05) is 72.0 Å². The lowest BCUT2D eigenvalue weighted by molar-refractivity contribution is 1.07. The zero-order valence-electron chi connectivity index (χ0n) is 26.9. The van der Waals surface area contributed by atoms with Gasteiger partial charge in [0.2, 0.25) is 0 Å². The molecule has 10 rings (SSSR count). The number of fused-ring (bicyclic) bond motifs is 7. The van der Waals surface area contributed by atoms with E-state index in [-0.39, 0.29) is 0 Å². The summed E-state index contributed by atoms with van der Waals surface area (Å²) in [5, 5.41) is 5.17. The van der Waals surface area contributed by atoms with E-state index in [9.17, 15) is 0 Å². The Hall–Kier alpha value is -6.43. The monoisotopic (exact) mass is 656 g/mol. The van der Waals surface area contributed by atoms with Gasteiger partial charge in [0.1, 0.15) is 0 Å². The first-order valence-corrected chi connectivity index (χ1v) is 17.5. The van der Waals surface area contributed by atoms with Gasteiger partial charge in [-0.25, -0.2) is 15.0 Å². The molecule has 234 valence electrons. The molecule has 0 radical (unpaired) electrons. The summed E-state index contributed by atoms with van der Waals surface area (Å²) >= 11 is 1.88. The molecule has 0 N–H and O–H groups in total. The zero-order valence-corrected chi connectivity index (χ0v) is 27.7. The van der Waals surface area contributed by atoms with Crippen LogP contribution in [0, 0.1) is 0 Å². The second-order valence-corrected chi connectivity index (χ2v) is 13.5. The highest BCUT2D eigenvalue weighted by Gasteiger charge is 2.18. The van der Waals surface area contributed by atoms with E-state index >= 15 is 0 Å². The minimum Gasteiger partial charge on any atom is -0.308 e. The quantitative estimate of drug-likeness (QED) is 0.185. The van der Waals surface area contributed by atoms with Gasteiger partial charge >= 0.3 is 0 Å². The number of aromatic nitrogens is 4. The fourth-order valence-electron chi connectivity index (χ4n) is 7.05. The Kier molecular flexibility index (Phi) is 6.64. The van der Waals surface area contributed by atoms with Crippen molar-refractivity contribution in [3.63, 3.8) is 0 Å². The van der Waals surface area contributed by atoms with Crippen molar-refractivity contribution in [1.29, 1.82) is 0 Å². The SMILES string of the molecule is c1ccc(-c2nc(-c3ccccc3)nc(-c3ccc(-c4ccc(-n5c6ccccc6c6ccc7c8ccccc8sc7c65)cc4)cc3)n2)cc1. The first kappa shape index (κ1) is 28.6. The summed E-state index contributed by atoms with van der Waals surface area (Å²) in [4.78, 5) is 14.6. The van der Waals surface area contributed by atoms with Crippen molar-refractivity contribution in [3.05, 3.63) is 170 Å². The first-order chi connectivity index (χ1) is 24.8. The molecule has 0 aliphatic carbocycles. The van der Waals surface area contributed by atoms with Crippen LogP contribution in [0.4, 0.5) is 0 Å². The molecule has 0 amide bonds. The number of rotatable bonds is 5. The van der Waals surface area contributed by atoms with Gasteiger partial charge in [0, 0.05) is 48.6 Å². The minimum absolute atomic E-state index is 0.651. The van der Waals surface area contributed by atoms with E-state index in [4.69, 9.17) is 15.0 Å². The van der Waals surface area contributed by atoms with E-state index in [2.05, 4.69) is 114 Å². The van der Waals surface area contributed by atoms with Crippen molar-refractivity contribution < 1.29 is 0 Å². The molecule has 5 heteroatoms. The van der Waals surface area contributed by atoms with Crippen molar-refractivity contribution in [1.82, 2.24) is 19.5 Å². The lowest BCUT2D eigenvalue weighted by atomic mass is 10.0. The molecule has 0 bridgehead atoms. The third kappa shape index (κ3) is 4.71. The Morgan fingerprint density at radius 1 is 0.360 bits per heavy atom. The number of hydrogen-bond donors (Lipinski definition) is 0. The average Bonchev–Trinajstić information content (AvgIpc) is 3.75. The summed E-state index contributed by atoms with van der Waals surface area (Å²) in [6.07, 6.45) is 0. The number of thiophene rings is 1. The molecule has 0 fully saturated rings. The van der Waals surface area contributed by atoms with Crippen LogP contribution < -0.4 is 0 Å². The van der Waals surface area contributed by atoms with Crippen molar-refractivity contribution >= 4 is 53.3 Å². The summed E-state index contributed by atoms with van der Waals surface area (Å²) in [6, 6.07) is 59.7. The van der Waals surface area contributed by atoms with Crippen LogP contribution in [0.2, 0.25) is 0 Å². The molecular weight excluding hydrogens is 629 g/mol. The Balaban J connectivity index is 1.04. The van der Waals surface area contributed by atoms with E-state index in [0.717, 1.165) is 33.5 Å². The van der Waals surface area contributed by atoms with Crippen LogP contribution >= 0.6 is 11.3 Å². The number of benzene rings is 7. The topological polar surface area (TPSA) is 43.6 Å². The third-order valence-electron chi connectivity index (χ3n) is 9.48. The van der Waals surface area contributed by atoms with Gasteiger partial charge in [-0.15, -0.1) is 11.3 Å². The number of para-hydroxylation sites is 1. The Morgan fingerprint density at radius 3 is 1.48 bits per heavy atom. The standard InChI is InChI=1S/C45H28N4S/c1-3-11-31(12-4-1)43-46-44(32-13-5-2-6-14-32)48-45(47-43)33-21-19-29(20-22-33)30-23-25-34(26-24-30)49-39-17-9-7-15-35(39)37-27-28-38-36-16-8-10-18-40(36)50-42(38)41(37)49/h1-28H. The first-order valence-electron chi connectivity index (χ1n) is 16.7. The summed E-state index contributed by atoms with van der Waals surface area (Å²) < 4.78 is 5.07. The fourth-order valence-corrected chi connectivity index (χ4v) is 8.29. The fraction of sp³-hybridized carbons (Fsp3) is 0. The van der Waals surface area contributed by atoms with Crippen LogP contribution in [0.25, 0.3) is 93.0 Å². The average molecular weight is 657 g/mol. The molecule has 0 aliphatic rings. The molecule has 50 heavy (non-hydrogen) atoms. The Bertz CT molecular complexity index is 2780. The predicted molar refractivity (Wildman–Crippen MR) is 209 cm³/mol. The molecule has 10 aromatic rings. The maximum absolute atomic E-state index is 4.90. The summed E-state index contributed by atoms with van der Waals surface area (Å²) in [7, 11) is 0. The second kappa shape index (κ2) is 11.6. The normalized spacial score (nSPS) is 11.6. The van der Waals surface area contributed by atoms with Crippen LogP contribution in [-0.4, -0.2) is 19.5 Å². The molecule has 0 aliphatic heterocycles. The molecule has 3 aromatic heterocycles. The van der Waals surface area contributed by atoms with E-state index in [1.165, 1.54) is 42.0 Å². The molecule has 0 unspecified atom stereocenters. The maximum Gasteiger partial charge on any atom is 0.164 e. The highest BCUT2D eigenvalue weighted by Crippen LogP contribution is 2.43. The summed E-state index contributed by atoms with van der Waals surface area (Å²) in [5.41, 5.74) is 8.78. The molecule has 0 saturated carbocycles. The van der Waals surface area contributed by atoms with Crippen molar-refractivity contribution in [3.8, 4) is 51.0 Å². The van der Waals surface area contributed by atoms with E-state index < -0.39 is 0 Å². The number of hydrogen-bond acceptors (Lipinski definition) is 4. The van der Waals surface area contributed by atoms with Crippen LogP contribution in [0.15, 0.2) is 170 Å². The largest absolute Gasteiger partial charge is 0.308 e. The molecule has 3 heterocycles.